The van der Waals surface area contributed by atoms with Crippen molar-refractivity contribution in [2.75, 3.05) is 37.0 Å². The third kappa shape index (κ3) is 8.09. The smallest absolute Gasteiger partial charge is 0.243 e. The van der Waals surface area contributed by atoms with Crippen molar-refractivity contribution in [1.82, 2.24) is 0 Å². The lowest BCUT2D eigenvalue weighted by Gasteiger charge is -2.14. The zero-order chi connectivity index (χ0) is 24.8. The first-order valence-corrected chi connectivity index (χ1v) is 12.0. The number of carbonyl (C=O) groups is 1. The molecule has 4 aromatic rings. The minimum Gasteiger partial charge on any atom is -0.493 e. The van der Waals surface area contributed by atoms with Crippen molar-refractivity contribution in [3.63, 3.8) is 0 Å². The number of benzene rings is 4. The molecule has 0 bridgehead atoms. The van der Waals surface area contributed by atoms with Gasteiger partial charge >= 0.3 is 0 Å². The van der Waals surface area contributed by atoms with Gasteiger partial charge in [0.1, 0.15) is 30.5 Å². The third-order valence-electron chi connectivity index (χ3n) is 5.30. The van der Waals surface area contributed by atoms with E-state index in [1.807, 2.05) is 97.1 Å². The number of carbonyl (C=O) groups excluding carboxylic acids is 1. The van der Waals surface area contributed by atoms with E-state index < -0.39 is 0 Å². The number of rotatable bonds is 13. The van der Waals surface area contributed by atoms with Crippen LogP contribution >= 0.6 is 0 Å². The molecule has 0 fully saturated rings. The molecule has 0 saturated carbocycles. The summed E-state index contributed by atoms with van der Waals surface area (Å²) >= 11 is 0. The standard InChI is InChI=1S/C30H30N2O4/c33-30(23-31-25-12-9-15-27(22-25)34-19-18-24-10-3-1-4-11-24)32-28-16-7-8-17-29(28)36-21-20-35-26-13-5-2-6-14-26/h1-17,22,31H,18-21,23H2,(H,32,33). The van der Waals surface area contributed by atoms with E-state index in [0.717, 1.165) is 23.6 Å². The van der Waals surface area contributed by atoms with E-state index in [9.17, 15) is 4.79 Å². The summed E-state index contributed by atoms with van der Waals surface area (Å²) < 4.78 is 17.4. The number of para-hydroxylation sites is 3. The van der Waals surface area contributed by atoms with Gasteiger partial charge < -0.3 is 24.8 Å². The average molecular weight is 483 g/mol. The summed E-state index contributed by atoms with van der Waals surface area (Å²) in [6.45, 7) is 1.45. The van der Waals surface area contributed by atoms with Crippen molar-refractivity contribution in [3.8, 4) is 17.2 Å². The molecular formula is C30H30N2O4. The lowest BCUT2D eigenvalue weighted by atomic mass is 10.2. The van der Waals surface area contributed by atoms with Crippen LogP contribution in [-0.4, -0.2) is 32.3 Å². The molecule has 4 aromatic carbocycles. The highest BCUT2D eigenvalue weighted by molar-refractivity contribution is 5.95. The SMILES string of the molecule is O=C(CNc1cccc(OCCc2ccccc2)c1)Nc1ccccc1OCCOc1ccccc1. The second-order valence-corrected chi connectivity index (χ2v) is 8.02. The molecule has 0 atom stereocenters. The van der Waals surface area contributed by atoms with Gasteiger partial charge in [-0.1, -0.05) is 66.7 Å². The molecule has 6 heteroatoms. The van der Waals surface area contributed by atoms with Gasteiger partial charge in [-0.25, -0.2) is 0 Å². The van der Waals surface area contributed by atoms with Crippen molar-refractivity contribution in [3.05, 3.63) is 115 Å². The Morgan fingerprint density at radius 3 is 2.14 bits per heavy atom. The summed E-state index contributed by atoms with van der Waals surface area (Å²) in [4.78, 5) is 12.6. The van der Waals surface area contributed by atoms with Crippen molar-refractivity contribution in [2.24, 2.45) is 0 Å². The Morgan fingerprint density at radius 2 is 1.31 bits per heavy atom. The van der Waals surface area contributed by atoms with E-state index in [2.05, 4.69) is 22.8 Å². The fourth-order valence-corrected chi connectivity index (χ4v) is 3.53. The van der Waals surface area contributed by atoms with Gasteiger partial charge in [-0.15, -0.1) is 0 Å². The van der Waals surface area contributed by atoms with E-state index in [-0.39, 0.29) is 12.5 Å². The summed E-state index contributed by atoms with van der Waals surface area (Å²) in [5, 5.41) is 6.06. The Balaban J connectivity index is 1.21. The highest BCUT2D eigenvalue weighted by atomic mass is 16.5. The van der Waals surface area contributed by atoms with Gasteiger partial charge in [0.05, 0.1) is 18.8 Å². The highest BCUT2D eigenvalue weighted by Gasteiger charge is 2.08. The van der Waals surface area contributed by atoms with Crippen LogP contribution in [-0.2, 0) is 11.2 Å². The van der Waals surface area contributed by atoms with Crippen LogP contribution in [0.5, 0.6) is 17.2 Å². The summed E-state index contributed by atoms with van der Waals surface area (Å²) in [6.07, 6.45) is 0.834. The van der Waals surface area contributed by atoms with E-state index in [0.29, 0.717) is 31.3 Å². The maximum atomic E-state index is 12.6. The molecule has 4 rings (SSSR count). The molecule has 6 nitrogen and oxygen atoms in total. The number of ether oxygens (including phenoxy) is 3. The van der Waals surface area contributed by atoms with Gasteiger partial charge in [0.15, 0.2) is 0 Å². The second kappa shape index (κ2) is 13.4. The van der Waals surface area contributed by atoms with Crippen LogP contribution in [0.15, 0.2) is 109 Å². The van der Waals surface area contributed by atoms with Gasteiger partial charge in [0.2, 0.25) is 5.91 Å². The number of hydrogen-bond acceptors (Lipinski definition) is 5. The largest absolute Gasteiger partial charge is 0.493 e. The molecule has 0 aliphatic rings. The van der Waals surface area contributed by atoms with Crippen molar-refractivity contribution < 1.29 is 19.0 Å². The quantitative estimate of drug-likeness (QED) is 0.235. The third-order valence-corrected chi connectivity index (χ3v) is 5.30. The van der Waals surface area contributed by atoms with Gasteiger partial charge in [0.25, 0.3) is 0 Å². The van der Waals surface area contributed by atoms with E-state index >= 15 is 0 Å². The summed E-state index contributed by atoms with van der Waals surface area (Å²) in [5.41, 5.74) is 2.66. The zero-order valence-corrected chi connectivity index (χ0v) is 20.1. The monoisotopic (exact) mass is 482 g/mol. The van der Waals surface area contributed by atoms with Crippen molar-refractivity contribution >= 4 is 17.3 Å². The molecule has 0 spiro atoms. The maximum Gasteiger partial charge on any atom is 0.243 e. The van der Waals surface area contributed by atoms with Crippen LogP contribution in [0.1, 0.15) is 5.56 Å². The van der Waals surface area contributed by atoms with Crippen LogP contribution in [0.4, 0.5) is 11.4 Å². The van der Waals surface area contributed by atoms with Crippen LogP contribution in [0.2, 0.25) is 0 Å². The normalized spacial score (nSPS) is 10.3. The Morgan fingerprint density at radius 1 is 0.639 bits per heavy atom. The molecule has 0 saturated heterocycles. The lowest BCUT2D eigenvalue weighted by Crippen LogP contribution is -2.22. The minimum atomic E-state index is -0.179. The van der Waals surface area contributed by atoms with Crippen LogP contribution in [0.3, 0.4) is 0 Å². The molecule has 0 radical (unpaired) electrons. The minimum absolute atomic E-state index is 0.110. The molecule has 0 aliphatic carbocycles. The van der Waals surface area contributed by atoms with Crippen LogP contribution in [0.25, 0.3) is 0 Å². The first kappa shape index (κ1) is 24.7. The first-order chi connectivity index (χ1) is 17.8. The van der Waals surface area contributed by atoms with Crippen LogP contribution < -0.4 is 24.8 Å². The molecular weight excluding hydrogens is 452 g/mol. The molecule has 0 aliphatic heterocycles. The molecule has 184 valence electrons. The Kier molecular flexibility index (Phi) is 9.21. The number of hydrogen-bond donors (Lipinski definition) is 2. The fourth-order valence-electron chi connectivity index (χ4n) is 3.53. The summed E-state index contributed by atoms with van der Waals surface area (Å²) in [6, 6.07) is 34.8. The first-order valence-electron chi connectivity index (χ1n) is 12.0. The summed E-state index contributed by atoms with van der Waals surface area (Å²) in [7, 11) is 0. The maximum absolute atomic E-state index is 12.6. The number of anilines is 2. The molecule has 0 unspecified atom stereocenters. The molecule has 0 aromatic heterocycles. The predicted molar refractivity (Wildman–Crippen MR) is 143 cm³/mol. The van der Waals surface area contributed by atoms with E-state index in [1.165, 1.54) is 5.56 Å². The fraction of sp³-hybridized carbons (Fsp3) is 0.167. The van der Waals surface area contributed by atoms with Gasteiger partial charge in [0, 0.05) is 18.2 Å². The number of amides is 1. The highest BCUT2D eigenvalue weighted by Crippen LogP contribution is 2.24. The van der Waals surface area contributed by atoms with Gasteiger partial charge in [-0.2, -0.15) is 0 Å². The summed E-state index contributed by atoms with van der Waals surface area (Å²) in [5.74, 6) is 1.96. The zero-order valence-electron chi connectivity index (χ0n) is 20.1. The lowest BCUT2D eigenvalue weighted by molar-refractivity contribution is -0.114. The Bertz CT molecular complexity index is 1220. The second-order valence-electron chi connectivity index (χ2n) is 8.02. The molecule has 1 amide bonds. The van der Waals surface area contributed by atoms with Gasteiger partial charge in [-0.3, -0.25) is 4.79 Å². The topological polar surface area (TPSA) is 68.8 Å². The molecule has 36 heavy (non-hydrogen) atoms. The Labute approximate surface area is 211 Å². The van der Waals surface area contributed by atoms with Gasteiger partial charge in [-0.05, 0) is 42.0 Å². The van der Waals surface area contributed by atoms with E-state index in [1.54, 1.807) is 0 Å². The molecule has 0 heterocycles. The Hall–Kier alpha value is -4.45. The van der Waals surface area contributed by atoms with Crippen molar-refractivity contribution in [2.45, 2.75) is 6.42 Å². The molecule has 2 N–H and O–H groups in total. The van der Waals surface area contributed by atoms with Crippen LogP contribution in [0, 0.1) is 0 Å². The number of nitrogens with one attached hydrogen (secondary N) is 2. The average Bonchev–Trinajstić information content (AvgIpc) is 2.92. The predicted octanol–water partition coefficient (Wildman–Crippen LogP) is 5.82. The van der Waals surface area contributed by atoms with Crippen molar-refractivity contribution in [1.29, 1.82) is 0 Å². The van der Waals surface area contributed by atoms with E-state index in [4.69, 9.17) is 14.2 Å².